The monoisotopic (exact) mass is 359 g/mol. The van der Waals surface area contributed by atoms with Gasteiger partial charge in [-0.25, -0.2) is 4.98 Å². The molecular weight excluding hydrogens is 334 g/mol. The van der Waals surface area contributed by atoms with Crippen LogP contribution in [0.1, 0.15) is 48.5 Å². The molecule has 2 rings (SSSR count). The van der Waals surface area contributed by atoms with Gasteiger partial charge in [0.05, 0.1) is 0 Å². The first kappa shape index (κ1) is 19.1. The van der Waals surface area contributed by atoms with Crippen LogP contribution in [0.2, 0.25) is 0 Å². The van der Waals surface area contributed by atoms with Crippen LogP contribution >= 0.6 is 11.3 Å². The van der Waals surface area contributed by atoms with Crippen molar-refractivity contribution >= 4 is 28.3 Å². The topological polar surface area (TPSA) is 62.3 Å². The Morgan fingerprint density at radius 2 is 1.92 bits per heavy atom. The first-order valence-corrected chi connectivity index (χ1v) is 9.53. The molecule has 1 aromatic heterocycles. The van der Waals surface area contributed by atoms with E-state index in [1.54, 1.807) is 16.5 Å². The van der Waals surface area contributed by atoms with Gasteiger partial charge in [-0.3, -0.25) is 9.59 Å². The predicted molar refractivity (Wildman–Crippen MR) is 102 cm³/mol. The van der Waals surface area contributed by atoms with Crippen LogP contribution in [-0.4, -0.2) is 34.8 Å². The molecule has 2 amide bonds. The van der Waals surface area contributed by atoms with Gasteiger partial charge >= 0.3 is 0 Å². The zero-order valence-corrected chi connectivity index (χ0v) is 15.6. The van der Waals surface area contributed by atoms with Gasteiger partial charge in [-0.1, -0.05) is 43.9 Å². The van der Waals surface area contributed by atoms with Crippen LogP contribution < -0.4 is 5.32 Å². The van der Waals surface area contributed by atoms with Crippen LogP contribution in [0.3, 0.4) is 0 Å². The lowest BCUT2D eigenvalue weighted by Gasteiger charge is -2.22. The van der Waals surface area contributed by atoms with E-state index in [1.165, 1.54) is 11.3 Å². The summed E-state index contributed by atoms with van der Waals surface area (Å²) in [7, 11) is 0. The maximum atomic E-state index is 12.8. The van der Waals surface area contributed by atoms with Crippen molar-refractivity contribution in [3.8, 4) is 0 Å². The lowest BCUT2D eigenvalue weighted by Crippen LogP contribution is -2.38. The van der Waals surface area contributed by atoms with Crippen molar-refractivity contribution in [2.75, 3.05) is 18.4 Å². The van der Waals surface area contributed by atoms with Crippen molar-refractivity contribution in [3.63, 3.8) is 0 Å². The highest BCUT2D eigenvalue weighted by Gasteiger charge is 2.19. The first-order chi connectivity index (χ1) is 12.1. The van der Waals surface area contributed by atoms with Gasteiger partial charge in [-0.2, -0.15) is 0 Å². The fraction of sp³-hybridized carbons (Fsp3) is 0.421. The normalized spacial score (nSPS) is 10.5. The number of rotatable bonds is 9. The molecule has 1 N–H and O–H groups in total. The van der Waals surface area contributed by atoms with E-state index in [2.05, 4.69) is 17.2 Å². The fourth-order valence-electron chi connectivity index (χ4n) is 2.48. The van der Waals surface area contributed by atoms with E-state index < -0.39 is 0 Å². The summed E-state index contributed by atoms with van der Waals surface area (Å²) < 4.78 is 0. The second kappa shape index (κ2) is 9.93. The third kappa shape index (κ3) is 6.31. The van der Waals surface area contributed by atoms with Gasteiger partial charge in [0.25, 0.3) is 5.91 Å². The number of anilines is 1. The maximum Gasteiger partial charge on any atom is 0.254 e. The zero-order chi connectivity index (χ0) is 18.1. The number of carbonyl (C=O) groups is 2. The molecule has 0 atom stereocenters. The number of hydrogen-bond acceptors (Lipinski definition) is 4. The molecule has 0 aliphatic heterocycles. The number of benzene rings is 1. The summed E-state index contributed by atoms with van der Waals surface area (Å²) in [6, 6.07) is 7.46. The number of nitrogens with zero attached hydrogens (tertiary/aromatic N) is 2. The number of amides is 2. The summed E-state index contributed by atoms with van der Waals surface area (Å²) in [6.45, 7) is 4.76. The van der Waals surface area contributed by atoms with E-state index in [1.807, 2.05) is 31.2 Å². The van der Waals surface area contributed by atoms with E-state index in [4.69, 9.17) is 0 Å². The Kier molecular flexibility index (Phi) is 7.60. The number of nitrogens with one attached hydrogen (secondary N) is 1. The van der Waals surface area contributed by atoms with E-state index in [-0.39, 0.29) is 18.4 Å². The van der Waals surface area contributed by atoms with E-state index in [0.717, 1.165) is 31.2 Å². The molecular formula is C19H25N3O2S. The van der Waals surface area contributed by atoms with Crippen LogP contribution in [0.25, 0.3) is 0 Å². The highest BCUT2D eigenvalue weighted by Crippen LogP contribution is 2.12. The Labute approximate surface area is 153 Å². The lowest BCUT2D eigenvalue weighted by molar-refractivity contribution is -0.116. The minimum atomic E-state index is -0.217. The summed E-state index contributed by atoms with van der Waals surface area (Å²) in [5.74, 6) is -0.323. The van der Waals surface area contributed by atoms with Gasteiger partial charge in [0, 0.05) is 23.7 Å². The lowest BCUT2D eigenvalue weighted by atomic mass is 10.1. The average Bonchev–Trinajstić information content (AvgIpc) is 3.10. The number of aromatic nitrogens is 1. The van der Waals surface area contributed by atoms with Crippen molar-refractivity contribution in [3.05, 3.63) is 47.0 Å². The summed E-state index contributed by atoms with van der Waals surface area (Å²) in [4.78, 5) is 30.7. The maximum absolute atomic E-state index is 12.8. The molecule has 0 unspecified atom stereocenters. The van der Waals surface area contributed by atoms with E-state index >= 15 is 0 Å². The standard InChI is InChI=1S/C19H25N3O2S/c1-3-4-5-6-12-22(14-17(23)21-19-20-11-13-25-19)18(24)16-9-7-15(2)8-10-16/h7-11,13H,3-6,12,14H2,1-2H3,(H,20,21,23). The Morgan fingerprint density at radius 1 is 1.16 bits per heavy atom. The van der Waals surface area contributed by atoms with Crippen LogP contribution in [0.4, 0.5) is 5.13 Å². The SMILES string of the molecule is CCCCCCN(CC(=O)Nc1nccs1)C(=O)c1ccc(C)cc1. The van der Waals surface area contributed by atoms with Crippen LogP contribution in [-0.2, 0) is 4.79 Å². The molecule has 0 bridgehead atoms. The Balaban J connectivity index is 2.01. The molecule has 1 aromatic carbocycles. The Morgan fingerprint density at radius 3 is 2.56 bits per heavy atom. The van der Waals surface area contributed by atoms with Crippen molar-refractivity contribution in [1.82, 2.24) is 9.88 Å². The molecule has 2 aromatic rings. The first-order valence-electron chi connectivity index (χ1n) is 8.65. The number of unbranched alkanes of at least 4 members (excludes halogenated alkanes) is 3. The number of thiazole rings is 1. The molecule has 0 radical (unpaired) electrons. The molecule has 0 fully saturated rings. The van der Waals surface area contributed by atoms with Crippen LogP contribution in [0.15, 0.2) is 35.8 Å². The fourth-order valence-corrected chi connectivity index (χ4v) is 3.02. The number of hydrogen-bond donors (Lipinski definition) is 1. The number of carbonyl (C=O) groups excluding carboxylic acids is 2. The smallest absolute Gasteiger partial charge is 0.254 e. The highest BCUT2D eigenvalue weighted by molar-refractivity contribution is 7.13. The van der Waals surface area contributed by atoms with Gasteiger partial charge in [-0.05, 0) is 25.5 Å². The predicted octanol–water partition coefficient (Wildman–Crippen LogP) is 4.11. The minimum absolute atomic E-state index is 0.0401. The van der Waals surface area contributed by atoms with Crippen molar-refractivity contribution < 1.29 is 9.59 Å². The van der Waals surface area contributed by atoms with Gasteiger partial charge in [-0.15, -0.1) is 11.3 Å². The van der Waals surface area contributed by atoms with Crippen molar-refractivity contribution in [2.45, 2.75) is 39.5 Å². The third-order valence-corrected chi connectivity index (χ3v) is 4.57. The quantitative estimate of drug-likeness (QED) is 0.685. The molecule has 5 nitrogen and oxygen atoms in total. The molecule has 6 heteroatoms. The second-order valence-corrected chi connectivity index (χ2v) is 6.93. The summed E-state index contributed by atoms with van der Waals surface area (Å²) >= 11 is 1.36. The van der Waals surface area contributed by atoms with Crippen molar-refractivity contribution in [2.24, 2.45) is 0 Å². The minimum Gasteiger partial charge on any atom is -0.329 e. The van der Waals surface area contributed by atoms with E-state index in [9.17, 15) is 9.59 Å². The second-order valence-electron chi connectivity index (χ2n) is 6.04. The van der Waals surface area contributed by atoms with Crippen molar-refractivity contribution in [1.29, 1.82) is 0 Å². The Bertz CT molecular complexity index is 668. The Hall–Kier alpha value is -2.21. The van der Waals surface area contributed by atoms with Gasteiger partial charge < -0.3 is 10.2 Å². The molecule has 0 saturated carbocycles. The largest absolute Gasteiger partial charge is 0.329 e. The summed E-state index contributed by atoms with van der Waals surface area (Å²) in [5.41, 5.74) is 1.72. The van der Waals surface area contributed by atoms with Crippen LogP contribution in [0, 0.1) is 6.92 Å². The summed E-state index contributed by atoms with van der Waals surface area (Å²) in [5, 5.41) is 5.10. The zero-order valence-electron chi connectivity index (χ0n) is 14.8. The highest BCUT2D eigenvalue weighted by atomic mass is 32.1. The van der Waals surface area contributed by atoms with Gasteiger partial charge in [0.2, 0.25) is 5.91 Å². The van der Waals surface area contributed by atoms with Gasteiger partial charge in [0.1, 0.15) is 6.54 Å². The van der Waals surface area contributed by atoms with Crippen LogP contribution in [0.5, 0.6) is 0 Å². The van der Waals surface area contributed by atoms with Gasteiger partial charge in [0.15, 0.2) is 5.13 Å². The molecule has 0 aliphatic rings. The summed E-state index contributed by atoms with van der Waals surface area (Å²) in [6.07, 6.45) is 5.87. The molecule has 0 saturated heterocycles. The molecule has 0 aliphatic carbocycles. The molecule has 25 heavy (non-hydrogen) atoms. The average molecular weight is 359 g/mol. The molecule has 0 spiro atoms. The molecule has 134 valence electrons. The number of aryl methyl sites for hydroxylation is 1. The third-order valence-electron chi connectivity index (χ3n) is 3.88. The molecule has 1 heterocycles. The van der Waals surface area contributed by atoms with E-state index in [0.29, 0.717) is 17.2 Å².